The Balaban J connectivity index is 1.37. The molecule has 0 aliphatic carbocycles. The first-order valence-corrected chi connectivity index (χ1v) is 9.95. The molecule has 0 unspecified atom stereocenters. The van der Waals surface area contributed by atoms with E-state index >= 15 is 0 Å². The van der Waals surface area contributed by atoms with Gasteiger partial charge in [0, 0.05) is 30.8 Å². The quantitative estimate of drug-likeness (QED) is 0.594. The van der Waals surface area contributed by atoms with Gasteiger partial charge in [-0.05, 0) is 17.7 Å². The molecule has 2 N–H and O–H groups in total. The monoisotopic (exact) mass is 449 g/mol. The summed E-state index contributed by atoms with van der Waals surface area (Å²) in [5.41, 5.74) is 0.945. The first-order valence-electron chi connectivity index (χ1n) is 9.95. The third-order valence-electron chi connectivity index (χ3n) is 5.01. The van der Waals surface area contributed by atoms with E-state index in [4.69, 9.17) is 4.74 Å². The molecule has 2 aliphatic heterocycles. The maximum absolute atomic E-state index is 14.2. The summed E-state index contributed by atoms with van der Waals surface area (Å²) < 4.78 is 20.6. The van der Waals surface area contributed by atoms with Crippen LogP contribution in [0.4, 0.5) is 4.39 Å². The van der Waals surface area contributed by atoms with Crippen LogP contribution >= 0.6 is 0 Å². The molecule has 0 radical (unpaired) electrons. The highest BCUT2D eigenvalue weighted by atomic mass is 19.1. The van der Waals surface area contributed by atoms with Crippen LogP contribution in [0, 0.1) is 5.82 Å². The second-order valence-electron chi connectivity index (χ2n) is 7.31. The van der Waals surface area contributed by atoms with Gasteiger partial charge < -0.3 is 10.1 Å². The summed E-state index contributed by atoms with van der Waals surface area (Å²) in [7, 11) is 0. The summed E-state index contributed by atoms with van der Waals surface area (Å²) in [5.74, 6) is -1.35. The molecule has 166 valence electrons. The number of rotatable bonds is 4. The molecule has 0 bridgehead atoms. The predicted octanol–water partition coefficient (Wildman–Crippen LogP) is 0.473. The lowest BCUT2D eigenvalue weighted by Crippen LogP contribution is -2.31. The maximum Gasteiger partial charge on any atom is 0.276 e. The molecule has 0 fully saturated rings. The number of hydrogen-bond donors (Lipinski definition) is 2. The lowest BCUT2D eigenvalue weighted by atomic mass is 10.0. The van der Waals surface area contributed by atoms with Crippen molar-refractivity contribution in [2.45, 2.75) is 13.0 Å². The largest absolute Gasteiger partial charge is 0.486 e. The van der Waals surface area contributed by atoms with Crippen molar-refractivity contribution in [2.24, 2.45) is 9.98 Å². The zero-order chi connectivity index (χ0) is 22.9. The van der Waals surface area contributed by atoms with Crippen LogP contribution in [0.15, 0.2) is 40.4 Å². The lowest BCUT2D eigenvalue weighted by molar-refractivity contribution is -0.121. The topological polar surface area (TPSA) is 139 Å². The highest BCUT2D eigenvalue weighted by Gasteiger charge is 2.22. The minimum absolute atomic E-state index is 0.0240. The summed E-state index contributed by atoms with van der Waals surface area (Å²) in [6.07, 6.45) is 2.69. The second kappa shape index (κ2) is 8.22. The zero-order valence-electron chi connectivity index (χ0n) is 17.0. The molecule has 2 amide bonds. The molecule has 0 spiro atoms. The SMILES string of the molecule is O=C1COc2ccc(CNC(=O)c3cc(C(=O)NC4=NCC=N4)n4ncc(F)c4n3)cc2C1. The summed E-state index contributed by atoms with van der Waals surface area (Å²) >= 11 is 0. The average Bonchev–Trinajstić information content (AvgIpc) is 3.46. The van der Waals surface area contributed by atoms with Crippen molar-refractivity contribution in [3.05, 3.63) is 58.8 Å². The van der Waals surface area contributed by atoms with Crippen molar-refractivity contribution >= 4 is 35.4 Å². The van der Waals surface area contributed by atoms with Crippen LogP contribution in [0.1, 0.15) is 32.1 Å². The number of ketones is 1. The average molecular weight is 449 g/mol. The smallest absolute Gasteiger partial charge is 0.276 e. The van der Waals surface area contributed by atoms with Crippen LogP contribution in [-0.4, -0.2) is 57.5 Å². The molecule has 5 rings (SSSR count). The molecule has 3 aromatic rings. The van der Waals surface area contributed by atoms with Crippen LogP contribution in [0.2, 0.25) is 0 Å². The normalized spacial score (nSPS) is 14.6. The molecule has 12 heteroatoms. The van der Waals surface area contributed by atoms with E-state index in [1.165, 1.54) is 12.3 Å². The van der Waals surface area contributed by atoms with Gasteiger partial charge in [0.1, 0.15) is 23.7 Å². The van der Waals surface area contributed by atoms with Gasteiger partial charge in [0.15, 0.2) is 17.2 Å². The van der Waals surface area contributed by atoms with Crippen LogP contribution in [0.25, 0.3) is 5.65 Å². The predicted molar refractivity (Wildman–Crippen MR) is 113 cm³/mol. The van der Waals surface area contributed by atoms with E-state index in [0.29, 0.717) is 12.3 Å². The number of nitrogens with one attached hydrogen (secondary N) is 2. The molecule has 4 heterocycles. The Bertz CT molecular complexity index is 1380. The Morgan fingerprint density at radius 1 is 1.21 bits per heavy atom. The lowest BCUT2D eigenvalue weighted by Gasteiger charge is -2.17. The van der Waals surface area contributed by atoms with E-state index in [-0.39, 0.29) is 48.4 Å². The van der Waals surface area contributed by atoms with Crippen LogP contribution in [0.3, 0.4) is 0 Å². The fourth-order valence-electron chi connectivity index (χ4n) is 3.46. The Morgan fingerprint density at radius 3 is 2.91 bits per heavy atom. The Labute approximate surface area is 185 Å². The van der Waals surface area contributed by atoms with Gasteiger partial charge in [0.05, 0.1) is 12.7 Å². The van der Waals surface area contributed by atoms with Crippen molar-refractivity contribution in [3.8, 4) is 5.75 Å². The number of hydrogen-bond acceptors (Lipinski definition) is 8. The highest BCUT2D eigenvalue weighted by molar-refractivity contribution is 6.09. The molecule has 2 aromatic heterocycles. The minimum atomic E-state index is -0.783. The number of halogens is 1. The zero-order valence-corrected chi connectivity index (χ0v) is 17.0. The van der Waals surface area contributed by atoms with Crippen molar-refractivity contribution in [1.29, 1.82) is 0 Å². The number of Topliss-reactive ketones (excluding diaryl/α,β-unsaturated/α-hetero) is 1. The number of nitrogens with zero attached hydrogens (tertiary/aromatic N) is 5. The number of aromatic nitrogens is 3. The van der Waals surface area contributed by atoms with E-state index in [2.05, 4.69) is 30.7 Å². The summed E-state index contributed by atoms with van der Waals surface area (Å²) in [6.45, 7) is 0.522. The number of fused-ring (bicyclic) bond motifs is 2. The van der Waals surface area contributed by atoms with Crippen molar-refractivity contribution in [3.63, 3.8) is 0 Å². The van der Waals surface area contributed by atoms with Crippen molar-refractivity contribution in [1.82, 2.24) is 25.2 Å². The molecular formula is C21H16FN7O4. The number of amides is 2. The standard InChI is InChI=1S/C21H16FN7O4/c22-14-9-26-29-16(20(32)28-21-23-3-4-24-21)7-15(27-18(14)29)19(31)25-8-11-1-2-17-12(5-11)6-13(30)10-33-17/h1-3,5,7,9H,4,6,8,10H2,(H,25,31)(H,24,28,32). The van der Waals surface area contributed by atoms with Gasteiger partial charge in [0.2, 0.25) is 5.96 Å². The Kier molecular flexibility index (Phi) is 5.09. The third kappa shape index (κ3) is 4.05. The summed E-state index contributed by atoms with van der Waals surface area (Å²) in [6, 6.07) is 6.50. The molecule has 2 aliphatic rings. The van der Waals surface area contributed by atoms with E-state index < -0.39 is 17.6 Å². The van der Waals surface area contributed by atoms with Gasteiger partial charge in [-0.25, -0.2) is 23.9 Å². The van der Waals surface area contributed by atoms with Crippen LogP contribution < -0.4 is 15.4 Å². The van der Waals surface area contributed by atoms with Gasteiger partial charge in [-0.15, -0.1) is 0 Å². The van der Waals surface area contributed by atoms with Crippen LogP contribution in [0.5, 0.6) is 5.75 Å². The maximum atomic E-state index is 14.2. The first kappa shape index (κ1) is 20.4. The number of carbonyl (C=O) groups is 3. The van der Waals surface area contributed by atoms with Gasteiger partial charge in [-0.3, -0.25) is 19.7 Å². The molecule has 1 aromatic carbocycles. The van der Waals surface area contributed by atoms with E-state index in [1.54, 1.807) is 18.2 Å². The number of benzene rings is 1. The first-order chi connectivity index (χ1) is 16.0. The van der Waals surface area contributed by atoms with Gasteiger partial charge in [-0.1, -0.05) is 6.07 Å². The molecule has 33 heavy (non-hydrogen) atoms. The second-order valence-corrected chi connectivity index (χ2v) is 7.31. The number of ether oxygens (including phenoxy) is 1. The number of carbonyl (C=O) groups excluding carboxylic acids is 3. The third-order valence-corrected chi connectivity index (χ3v) is 5.01. The molecule has 0 atom stereocenters. The fourth-order valence-corrected chi connectivity index (χ4v) is 3.46. The molecule has 11 nitrogen and oxygen atoms in total. The Morgan fingerprint density at radius 2 is 2.09 bits per heavy atom. The molecular weight excluding hydrogens is 433 g/mol. The Hall–Kier alpha value is -4.48. The van der Waals surface area contributed by atoms with E-state index in [1.807, 2.05) is 0 Å². The fraction of sp³-hybridized carbons (Fsp3) is 0.190. The van der Waals surface area contributed by atoms with Gasteiger partial charge in [-0.2, -0.15) is 5.10 Å². The van der Waals surface area contributed by atoms with Crippen molar-refractivity contribution in [2.75, 3.05) is 13.2 Å². The number of aliphatic imine (C=N–C) groups is 2. The van der Waals surface area contributed by atoms with E-state index in [0.717, 1.165) is 21.8 Å². The minimum Gasteiger partial charge on any atom is -0.486 e. The van der Waals surface area contributed by atoms with Crippen molar-refractivity contribution < 1.29 is 23.5 Å². The van der Waals surface area contributed by atoms with Gasteiger partial charge >= 0.3 is 0 Å². The molecule has 0 saturated carbocycles. The number of guanidine groups is 1. The highest BCUT2D eigenvalue weighted by Crippen LogP contribution is 2.24. The summed E-state index contributed by atoms with van der Waals surface area (Å²) in [4.78, 5) is 49.0. The van der Waals surface area contributed by atoms with Crippen LogP contribution in [-0.2, 0) is 17.8 Å². The molecule has 0 saturated heterocycles. The summed E-state index contributed by atoms with van der Waals surface area (Å²) in [5, 5.41) is 9.00. The van der Waals surface area contributed by atoms with Gasteiger partial charge in [0.25, 0.3) is 11.8 Å². The van der Waals surface area contributed by atoms with E-state index in [9.17, 15) is 18.8 Å².